The minimum absolute atomic E-state index is 0.0307. The van der Waals surface area contributed by atoms with Crippen LogP contribution in [-0.2, 0) is 4.79 Å². The Morgan fingerprint density at radius 1 is 1.04 bits per heavy atom. The molecule has 2 N–H and O–H groups in total. The topological polar surface area (TPSA) is 95.6 Å². The molecule has 0 aromatic heterocycles. The minimum atomic E-state index is -0.630. The lowest BCUT2D eigenvalue weighted by Crippen LogP contribution is -2.45. The molecule has 1 heterocycles. The summed E-state index contributed by atoms with van der Waals surface area (Å²) in [6, 6.07) is 4.51. The molecule has 1 fully saturated rings. The summed E-state index contributed by atoms with van der Waals surface area (Å²) in [5.41, 5.74) is 0.252. The van der Waals surface area contributed by atoms with Gasteiger partial charge >= 0.3 is 0 Å². The monoisotopic (exact) mass is 357 g/mol. The van der Waals surface area contributed by atoms with Crippen LogP contribution >= 0.6 is 0 Å². The molecule has 3 rings (SSSR count). The van der Waals surface area contributed by atoms with Crippen molar-refractivity contribution in [1.29, 1.82) is 0 Å². The molecule has 1 aliphatic heterocycles. The van der Waals surface area contributed by atoms with Crippen LogP contribution in [0.1, 0.15) is 64.7 Å². The van der Waals surface area contributed by atoms with Gasteiger partial charge in [0.25, 0.3) is 17.7 Å². The van der Waals surface area contributed by atoms with Crippen molar-refractivity contribution in [1.82, 2.24) is 15.5 Å². The summed E-state index contributed by atoms with van der Waals surface area (Å²) in [4.78, 5) is 50.0. The van der Waals surface area contributed by atoms with Crippen molar-refractivity contribution in [3.05, 3.63) is 34.9 Å². The highest BCUT2D eigenvalue weighted by Gasteiger charge is 2.42. The molecule has 1 saturated carbocycles. The molecule has 4 amide bonds. The lowest BCUT2D eigenvalue weighted by Gasteiger charge is -2.29. The summed E-state index contributed by atoms with van der Waals surface area (Å²) in [7, 11) is 0. The van der Waals surface area contributed by atoms with Crippen LogP contribution in [0, 0.1) is 5.92 Å². The van der Waals surface area contributed by atoms with E-state index in [0.717, 1.165) is 12.8 Å². The number of hydrogen-bond acceptors (Lipinski definition) is 4. The predicted molar refractivity (Wildman–Crippen MR) is 94.8 cm³/mol. The zero-order valence-electron chi connectivity index (χ0n) is 15.2. The molecule has 0 atom stereocenters. The molecule has 7 nitrogen and oxygen atoms in total. The van der Waals surface area contributed by atoms with Gasteiger partial charge in [0.1, 0.15) is 0 Å². The van der Waals surface area contributed by atoms with E-state index >= 15 is 0 Å². The average molecular weight is 357 g/mol. The van der Waals surface area contributed by atoms with Crippen molar-refractivity contribution < 1.29 is 19.2 Å². The second-order valence-corrected chi connectivity index (χ2v) is 7.70. The van der Waals surface area contributed by atoms with Gasteiger partial charge in [0.15, 0.2) is 0 Å². The fourth-order valence-corrected chi connectivity index (χ4v) is 2.94. The normalized spacial score (nSPS) is 16.5. The number of hydrogen-bond donors (Lipinski definition) is 2. The van der Waals surface area contributed by atoms with Crippen LogP contribution in [0.3, 0.4) is 0 Å². The van der Waals surface area contributed by atoms with Gasteiger partial charge < -0.3 is 10.6 Å². The fourth-order valence-electron chi connectivity index (χ4n) is 2.94. The molecule has 0 spiro atoms. The number of fused-ring (bicyclic) bond motifs is 1. The molecule has 1 aromatic rings. The molecule has 0 saturated heterocycles. The van der Waals surface area contributed by atoms with Crippen molar-refractivity contribution >= 4 is 23.6 Å². The Balaban J connectivity index is 1.63. The van der Waals surface area contributed by atoms with E-state index in [9.17, 15) is 19.2 Å². The van der Waals surface area contributed by atoms with Gasteiger partial charge in [-0.2, -0.15) is 0 Å². The summed E-state index contributed by atoms with van der Waals surface area (Å²) in [5, 5.41) is 5.48. The third-order valence-corrected chi connectivity index (χ3v) is 4.48. The van der Waals surface area contributed by atoms with E-state index in [0.29, 0.717) is 24.2 Å². The van der Waals surface area contributed by atoms with Gasteiger partial charge in [-0.15, -0.1) is 0 Å². The second kappa shape index (κ2) is 6.55. The van der Waals surface area contributed by atoms with Crippen molar-refractivity contribution in [2.45, 2.75) is 39.2 Å². The maximum Gasteiger partial charge on any atom is 0.262 e. The first-order valence-corrected chi connectivity index (χ1v) is 8.79. The minimum Gasteiger partial charge on any atom is -0.354 e. The maximum absolute atomic E-state index is 12.6. The Morgan fingerprint density at radius 3 is 2.27 bits per heavy atom. The number of carbonyl (C=O) groups is 4. The van der Waals surface area contributed by atoms with E-state index in [2.05, 4.69) is 10.6 Å². The second-order valence-electron chi connectivity index (χ2n) is 7.70. The number of amides is 4. The molecule has 26 heavy (non-hydrogen) atoms. The molecule has 0 bridgehead atoms. The van der Waals surface area contributed by atoms with E-state index < -0.39 is 5.54 Å². The van der Waals surface area contributed by atoms with Gasteiger partial charge in [0.2, 0.25) is 5.91 Å². The number of carbonyl (C=O) groups excluding carboxylic acids is 4. The highest BCUT2D eigenvalue weighted by Crippen LogP contribution is 2.30. The Kier molecular flexibility index (Phi) is 4.56. The van der Waals surface area contributed by atoms with Gasteiger partial charge in [-0.25, -0.2) is 0 Å². The summed E-state index contributed by atoms with van der Waals surface area (Å²) in [5.74, 6) is -0.904. The van der Waals surface area contributed by atoms with Gasteiger partial charge in [0, 0.05) is 30.1 Å². The molecule has 0 radical (unpaired) electrons. The van der Waals surface area contributed by atoms with Gasteiger partial charge in [-0.1, -0.05) is 0 Å². The van der Waals surface area contributed by atoms with Crippen molar-refractivity contribution in [3.8, 4) is 0 Å². The first-order valence-electron chi connectivity index (χ1n) is 8.79. The van der Waals surface area contributed by atoms with E-state index in [1.165, 1.54) is 23.1 Å². The van der Waals surface area contributed by atoms with Crippen LogP contribution in [0.15, 0.2) is 18.2 Å². The number of benzene rings is 1. The summed E-state index contributed by atoms with van der Waals surface area (Å²) in [6.45, 7) is 6.03. The van der Waals surface area contributed by atoms with Crippen LogP contribution in [-0.4, -0.2) is 47.2 Å². The molecule has 1 aliphatic carbocycles. The van der Waals surface area contributed by atoms with E-state index in [1.807, 2.05) is 0 Å². The smallest absolute Gasteiger partial charge is 0.262 e. The number of nitrogens with one attached hydrogen (secondary N) is 2. The highest BCUT2D eigenvalue weighted by molar-refractivity contribution is 6.22. The third kappa shape index (κ3) is 3.47. The number of imide groups is 1. The van der Waals surface area contributed by atoms with Crippen LogP contribution in [0.4, 0.5) is 0 Å². The first kappa shape index (κ1) is 18.1. The van der Waals surface area contributed by atoms with E-state index in [4.69, 9.17) is 0 Å². The van der Waals surface area contributed by atoms with Crippen LogP contribution in [0.2, 0.25) is 0 Å². The standard InChI is InChI=1S/C19H23N3O4/c1-19(2,3)22-17(25)13-7-6-12(10-14(13)18(22)26)16(24)21-9-8-20-15(23)11-4-5-11/h6-7,10-11H,4-5,8-9H2,1-3H3,(H,20,23)(H,21,24). The zero-order valence-corrected chi connectivity index (χ0v) is 15.2. The summed E-state index contributed by atoms with van der Waals surface area (Å²) < 4.78 is 0. The predicted octanol–water partition coefficient (Wildman–Crippen LogP) is 1.34. The molecule has 1 aromatic carbocycles. The Labute approximate surface area is 152 Å². The van der Waals surface area contributed by atoms with Crippen LogP contribution in [0.5, 0.6) is 0 Å². The van der Waals surface area contributed by atoms with Gasteiger partial charge in [-0.05, 0) is 51.8 Å². The summed E-state index contributed by atoms with van der Waals surface area (Å²) in [6.07, 6.45) is 1.87. The molecule has 0 unspecified atom stereocenters. The largest absolute Gasteiger partial charge is 0.354 e. The molecule has 138 valence electrons. The fraction of sp³-hybridized carbons (Fsp3) is 0.474. The molecule has 7 heteroatoms. The quantitative estimate of drug-likeness (QED) is 0.614. The SMILES string of the molecule is CC(C)(C)N1C(=O)c2ccc(C(=O)NCCNC(=O)C3CC3)cc2C1=O. The van der Waals surface area contributed by atoms with E-state index in [1.54, 1.807) is 20.8 Å². The van der Waals surface area contributed by atoms with Crippen molar-refractivity contribution in [3.63, 3.8) is 0 Å². The third-order valence-electron chi connectivity index (χ3n) is 4.48. The first-order chi connectivity index (χ1) is 12.2. The van der Waals surface area contributed by atoms with Gasteiger partial charge in [0.05, 0.1) is 11.1 Å². The Morgan fingerprint density at radius 2 is 1.65 bits per heavy atom. The Hall–Kier alpha value is -2.70. The zero-order chi connectivity index (χ0) is 19.1. The maximum atomic E-state index is 12.6. The Bertz CT molecular complexity index is 790. The van der Waals surface area contributed by atoms with Gasteiger partial charge in [-0.3, -0.25) is 24.1 Å². The lowest BCUT2D eigenvalue weighted by atomic mass is 10.1. The van der Waals surface area contributed by atoms with Crippen LogP contribution in [0.25, 0.3) is 0 Å². The molecular formula is C19H23N3O4. The lowest BCUT2D eigenvalue weighted by molar-refractivity contribution is -0.122. The molecule has 2 aliphatic rings. The number of nitrogens with zero attached hydrogens (tertiary/aromatic N) is 1. The van der Waals surface area contributed by atoms with Crippen molar-refractivity contribution in [2.24, 2.45) is 5.92 Å². The van der Waals surface area contributed by atoms with E-state index in [-0.39, 0.29) is 35.1 Å². The van der Waals surface area contributed by atoms with Crippen molar-refractivity contribution in [2.75, 3.05) is 13.1 Å². The number of rotatable bonds is 5. The highest BCUT2D eigenvalue weighted by atomic mass is 16.2. The average Bonchev–Trinajstić information content (AvgIpc) is 3.38. The molecular weight excluding hydrogens is 334 g/mol. The van der Waals surface area contributed by atoms with Crippen LogP contribution < -0.4 is 10.6 Å². The summed E-state index contributed by atoms with van der Waals surface area (Å²) >= 11 is 0.